The van der Waals surface area contributed by atoms with Gasteiger partial charge in [-0.2, -0.15) is 0 Å². The molecule has 0 saturated carbocycles. The highest BCUT2D eigenvalue weighted by atomic mass is 32.2. The van der Waals surface area contributed by atoms with E-state index in [1.165, 1.54) is 11.8 Å². The Morgan fingerprint density at radius 2 is 1.53 bits per heavy atom. The second kappa shape index (κ2) is 10.8. The number of anilines is 2. The van der Waals surface area contributed by atoms with Gasteiger partial charge in [0, 0.05) is 27.7 Å². The molecule has 6 nitrogen and oxygen atoms in total. The molecule has 0 aromatic heterocycles. The lowest BCUT2D eigenvalue weighted by atomic mass is 10.1. The molecule has 0 aliphatic carbocycles. The van der Waals surface area contributed by atoms with Crippen molar-refractivity contribution in [2.24, 2.45) is 0 Å². The van der Waals surface area contributed by atoms with Crippen LogP contribution < -0.4 is 20.1 Å². The first-order valence-corrected chi connectivity index (χ1v) is 11.6. The van der Waals surface area contributed by atoms with E-state index in [1.807, 2.05) is 60.7 Å². The molecule has 2 amide bonds. The Morgan fingerprint density at radius 1 is 0.794 bits per heavy atom. The van der Waals surface area contributed by atoms with Crippen LogP contribution in [0, 0.1) is 0 Å². The molecule has 4 aromatic carbocycles. The Bertz CT molecular complexity index is 1330. The lowest BCUT2D eigenvalue weighted by Gasteiger charge is -2.12. The van der Waals surface area contributed by atoms with E-state index in [-0.39, 0.29) is 17.6 Å². The van der Waals surface area contributed by atoms with Crippen molar-refractivity contribution >= 4 is 45.7 Å². The average Bonchev–Trinajstić information content (AvgIpc) is 2.87. The van der Waals surface area contributed by atoms with Crippen molar-refractivity contribution in [1.82, 2.24) is 0 Å². The first-order valence-electron chi connectivity index (χ1n) is 10.6. The number of carbonyl (C=O) groups is 2. The number of benzene rings is 4. The van der Waals surface area contributed by atoms with Crippen LogP contribution in [0.25, 0.3) is 10.8 Å². The third-order valence-corrected chi connectivity index (χ3v) is 6.27. The van der Waals surface area contributed by atoms with Gasteiger partial charge in [0.25, 0.3) is 5.91 Å². The standard InChI is InChI=1S/C27H24N2O4S/c1-32-23-15-14-19(16-24(23)33-2)28-26(30)17-34-25-13-6-5-11-21(25)27(31)29-22-12-7-9-18-8-3-4-10-20(18)22/h3-16H,17H2,1-2H3,(H,28,30)(H,29,31). The van der Waals surface area contributed by atoms with Crippen LogP contribution in [0.2, 0.25) is 0 Å². The van der Waals surface area contributed by atoms with E-state index in [2.05, 4.69) is 10.6 Å². The number of fused-ring (bicyclic) bond motifs is 1. The molecule has 0 unspecified atom stereocenters. The third-order valence-electron chi connectivity index (χ3n) is 5.20. The molecule has 0 atom stereocenters. The van der Waals surface area contributed by atoms with Gasteiger partial charge in [0.05, 0.1) is 25.5 Å². The van der Waals surface area contributed by atoms with Gasteiger partial charge in [-0.05, 0) is 35.7 Å². The zero-order valence-electron chi connectivity index (χ0n) is 18.8. The zero-order valence-corrected chi connectivity index (χ0v) is 19.6. The molecule has 0 saturated heterocycles. The van der Waals surface area contributed by atoms with Crippen LogP contribution in [0.3, 0.4) is 0 Å². The molecule has 0 spiro atoms. The summed E-state index contributed by atoms with van der Waals surface area (Å²) in [4.78, 5) is 26.4. The third kappa shape index (κ3) is 5.32. The fraction of sp³-hybridized carbons (Fsp3) is 0.111. The number of hydrogen-bond donors (Lipinski definition) is 2. The molecule has 0 aliphatic heterocycles. The van der Waals surface area contributed by atoms with Crippen molar-refractivity contribution in [3.05, 3.63) is 90.5 Å². The number of methoxy groups -OCH3 is 2. The Kier molecular flexibility index (Phi) is 7.34. The van der Waals surface area contributed by atoms with Crippen LogP contribution in [0.5, 0.6) is 11.5 Å². The van der Waals surface area contributed by atoms with Gasteiger partial charge in [-0.3, -0.25) is 9.59 Å². The molecule has 172 valence electrons. The van der Waals surface area contributed by atoms with Gasteiger partial charge < -0.3 is 20.1 Å². The zero-order chi connectivity index (χ0) is 23.9. The largest absolute Gasteiger partial charge is 0.493 e. The SMILES string of the molecule is COc1ccc(NC(=O)CSc2ccccc2C(=O)Nc2cccc3ccccc23)cc1OC. The molecule has 0 aliphatic rings. The lowest BCUT2D eigenvalue weighted by molar-refractivity contribution is -0.113. The molecule has 0 heterocycles. The van der Waals surface area contributed by atoms with Crippen LogP contribution in [0.15, 0.2) is 89.8 Å². The van der Waals surface area contributed by atoms with E-state index in [4.69, 9.17) is 9.47 Å². The molecule has 34 heavy (non-hydrogen) atoms. The summed E-state index contributed by atoms with van der Waals surface area (Å²) in [5.41, 5.74) is 1.86. The van der Waals surface area contributed by atoms with Gasteiger partial charge in [0.15, 0.2) is 11.5 Å². The van der Waals surface area contributed by atoms with Gasteiger partial charge in [0.2, 0.25) is 5.91 Å². The van der Waals surface area contributed by atoms with Gasteiger partial charge in [-0.25, -0.2) is 0 Å². The molecule has 0 fully saturated rings. The maximum atomic E-state index is 13.1. The molecule has 0 radical (unpaired) electrons. The van der Waals surface area contributed by atoms with Crippen molar-refractivity contribution in [3.8, 4) is 11.5 Å². The molecule has 0 bridgehead atoms. The molecule has 2 N–H and O–H groups in total. The van der Waals surface area contributed by atoms with E-state index < -0.39 is 0 Å². The van der Waals surface area contributed by atoms with Crippen LogP contribution in [0.4, 0.5) is 11.4 Å². The van der Waals surface area contributed by atoms with E-state index in [1.54, 1.807) is 38.5 Å². The van der Waals surface area contributed by atoms with Crippen molar-refractivity contribution in [1.29, 1.82) is 0 Å². The molecular formula is C27H24N2O4S. The molecular weight excluding hydrogens is 448 g/mol. The summed E-state index contributed by atoms with van der Waals surface area (Å²) in [5, 5.41) is 7.89. The van der Waals surface area contributed by atoms with Crippen LogP contribution >= 0.6 is 11.8 Å². The lowest BCUT2D eigenvalue weighted by Crippen LogP contribution is -2.16. The molecule has 4 aromatic rings. The van der Waals surface area contributed by atoms with Gasteiger partial charge >= 0.3 is 0 Å². The van der Waals surface area contributed by atoms with E-state index in [0.717, 1.165) is 21.4 Å². The summed E-state index contributed by atoms with van der Waals surface area (Å²) >= 11 is 1.31. The van der Waals surface area contributed by atoms with E-state index >= 15 is 0 Å². The van der Waals surface area contributed by atoms with Gasteiger partial charge in [0.1, 0.15) is 0 Å². The Morgan fingerprint density at radius 3 is 2.35 bits per heavy atom. The van der Waals surface area contributed by atoms with E-state index in [9.17, 15) is 9.59 Å². The minimum atomic E-state index is -0.222. The van der Waals surface area contributed by atoms with Crippen molar-refractivity contribution in [2.75, 3.05) is 30.6 Å². The second-order valence-electron chi connectivity index (χ2n) is 7.38. The summed E-state index contributed by atoms with van der Waals surface area (Å²) in [6.07, 6.45) is 0. The summed E-state index contributed by atoms with van der Waals surface area (Å²) in [6.45, 7) is 0. The Balaban J connectivity index is 1.44. The number of hydrogen-bond acceptors (Lipinski definition) is 5. The first-order chi connectivity index (χ1) is 16.6. The normalized spacial score (nSPS) is 10.5. The minimum absolute atomic E-state index is 0.146. The Hall–Kier alpha value is -3.97. The number of ether oxygens (including phenoxy) is 2. The smallest absolute Gasteiger partial charge is 0.256 e. The summed E-state index contributed by atoms with van der Waals surface area (Å²) in [6, 6.07) is 26.1. The monoisotopic (exact) mass is 472 g/mol. The number of carbonyl (C=O) groups excluding carboxylic acids is 2. The highest BCUT2D eigenvalue weighted by molar-refractivity contribution is 8.00. The maximum Gasteiger partial charge on any atom is 0.256 e. The second-order valence-corrected chi connectivity index (χ2v) is 8.40. The Labute approximate surface area is 202 Å². The molecule has 7 heteroatoms. The fourth-order valence-electron chi connectivity index (χ4n) is 3.56. The number of nitrogens with one attached hydrogen (secondary N) is 2. The van der Waals surface area contributed by atoms with Crippen LogP contribution in [0.1, 0.15) is 10.4 Å². The fourth-order valence-corrected chi connectivity index (χ4v) is 4.41. The highest BCUT2D eigenvalue weighted by Gasteiger charge is 2.15. The predicted octanol–water partition coefficient (Wildman–Crippen LogP) is 5.84. The van der Waals surface area contributed by atoms with Crippen LogP contribution in [-0.4, -0.2) is 31.8 Å². The summed E-state index contributed by atoms with van der Waals surface area (Å²) < 4.78 is 10.5. The number of rotatable bonds is 8. The summed E-state index contributed by atoms with van der Waals surface area (Å²) in [7, 11) is 3.10. The van der Waals surface area contributed by atoms with Crippen molar-refractivity contribution < 1.29 is 19.1 Å². The van der Waals surface area contributed by atoms with Crippen molar-refractivity contribution in [2.45, 2.75) is 4.90 Å². The average molecular weight is 473 g/mol. The first kappa shape index (κ1) is 23.2. The molecule has 4 rings (SSSR count). The van der Waals surface area contributed by atoms with E-state index in [0.29, 0.717) is 22.7 Å². The quantitative estimate of drug-likeness (QED) is 0.315. The van der Waals surface area contributed by atoms with Crippen molar-refractivity contribution in [3.63, 3.8) is 0 Å². The maximum absolute atomic E-state index is 13.1. The highest BCUT2D eigenvalue weighted by Crippen LogP contribution is 2.30. The topological polar surface area (TPSA) is 76.7 Å². The number of amides is 2. The number of thioether (sulfide) groups is 1. The van der Waals surface area contributed by atoms with Gasteiger partial charge in [-0.1, -0.05) is 48.5 Å². The predicted molar refractivity (Wildman–Crippen MR) is 137 cm³/mol. The minimum Gasteiger partial charge on any atom is -0.493 e. The van der Waals surface area contributed by atoms with Gasteiger partial charge in [-0.15, -0.1) is 11.8 Å². The van der Waals surface area contributed by atoms with Crippen LogP contribution in [-0.2, 0) is 4.79 Å². The summed E-state index contributed by atoms with van der Waals surface area (Å²) in [5.74, 6) is 0.845.